The van der Waals surface area contributed by atoms with Gasteiger partial charge in [0.1, 0.15) is 0 Å². The molecular formula is C14H31N3O. The average Bonchev–Trinajstić information content (AvgIpc) is 2.75. The highest BCUT2D eigenvalue weighted by molar-refractivity contribution is 4.83. The van der Waals surface area contributed by atoms with Gasteiger partial charge >= 0.3 is 0 Å². The lowest BCUT2D eigenvalue weighted by Crippen LogP contribution is -2.42. The molecule has 4 nitrogen and oxygen atoms in total. The monoisotopic (exact) mass is 257 g/mol. The van der Waals surface area contributed by atoms with Crippen molar-refractivity contribution in [1.29, 1.82) is 0 Å². The van der Waals surface area contributed by atoms with E-state index in [-0.39, 0.29) is 0 Å². The molecule has 0 saturated carbocycles. The third-order valence-corrected chi connectivity index (χ3v) is 3.68. The molecule has 1 rings (SSSR count). The maximum atomic E-state index is 5.61. The molecular weight excluding hydrogens is 226 g/mol. The topological polar surface area (TPSA) is 27.7 Å². The number of likely N-dealkylation sites (N-methyl/N-ethyl adjacent to an activating group) is 1. The molecule has 1 N–H and O–H groups in total. The SMILES string of the molecule is CCNC1COCC1CN(CC)CCCN(C)C. The van der Waals surface area contributed by atoms with Crippen LogP contribution in [-0.2, 0) is 4.74 Å². The third-order valence-electron chi connectivity index (χ3n) is 3.68. The van der Waals surface area contributed by atoms with Crippen molar-refractivity contribution in [3.63, 3.8) is 0 Å². The molecule has 1 aliphatic heterocycles. The zero-order valence-electron chi connectivity index (χ0n) is 12.6. The smallest absolute Gasteiger partial charge is 0.0623 e. The Hall–Kier alpha value is -0.160. The van der Waals surface area contributed by atoms with E-state index in [2.05, 4.69) is 43.1 Å². The second kappa shape index (κ2) is 8.86. The van der Waals surface area contributed by atoms with E-state index in [1.807, 2.05) is 0 Å². The van der Waals surface area contributed by atoms with Crippen LogP contribution in [0.25, 0.3) is 0 Å². The molecule has 0 aromatic rings. The summed E-state index contributed by atoms with van der Waals surface area (Å²) >= 11 is 0. The van der Waals surface area contributed by atoms with Crippen LogP contribution < -0.4 is 5.32 Å². The highest BCUT2D eigenvalue weighted by atomic mass is 16.5. The summed E-state index contributed by atoms with van der Waals surface area (Å²) in [4.78, 5) is 4.82. The van der Waals surface area contributed by atoms with Crippen LogP contribution in [-0.4, -0.2) is 75.9 Å². The van der Waals surface area contributed by atoms with E-state index in [1.165, 1.54) is 26.1 Å². The Morgan fingerprint density at radius 1 is 1.17 bits per heavy atom. The predicted octanol–water partition coefficient (Wildman–Crippen LogP) is 0.885. The van der Waals surface area contributed by atoms with Crippen molar-refractivity contribution in [3.8, 4) is 0 Å². The van der Waals surface area contributed by atoms with Gasteiger partial charge in [0.15, 0.2) is 0 Å². The molecule has 0 spiro atoms. The number of hydrogen-bond donors (Lipinski definition) is 1. The number of nitrogens with zero attached hydrogens (tertiary/aromatic N) is 2. The minimum atomic E-state index is 0.554. The van der Waals surface area contributed by atoms with E-state index in [1.54, 1.807) is 0 Å². The van der Waals surface area contributed by atoms with Gasteiger partial charge in [-0.05, 0) is 46.7 Å². The highest BCUT2D eigenvalue weighted by Crippen LogP contribution is 2.15. The molecule has 18 heavy (non-hydrogen) atoms. The van der Waals surface area contributed by atoms with Crippen LogP contribution in [0.15, 0.2) is 0 Å². The average molecular weight is 257 g/mol. The first-order valence-electron chi connectivity index (χ1n) is 7.35. The zero-order valence-corrected chi connectivity index (χ0v) is 12.6. The third kappa shape index (κ3) is 5.65. The summed E-state index contributed by atoms with van der Waals surface area (Å²) in [7, 11) is 4.28. The van der Waals surface area contributed by atoms with Gasteiger partial charge in [0, 0.05) is 18.5 Å². The minimum Gasteiger partial charge on any atom is -0.379 e. The molecule has 0 bridgehead atoms. The maximum Gasteiger partial charge on any atom is 0.0623 e. The molecule has 0 aromatic carbocycles. The maximum absolute atomic E-state index is 5.61. The standard InChI is InChI=1S/C14H31N3O/c1-5-15-14-12-18-11-13(14)10-17(6-2)9-7-8-16(3)4/h13-15H,5-12H2,1-4H3. The first kappa shape index (κ1) is 15.9. The molecule has 0 amide bonds. The van der Waals surface area contributed by atoms with Gasteiger partial charge in [0.05, 0.1) is 13.2 Å². The van der Waals surface area contributed by atoms with Crippen molar-refractivity contribution in [2.24, 2.45) is 5.92 Å². The lowest BCUT2D eigenvalue weighted by Gasteiger charge is -2.27. The fourth-order valence-electron chi connectivity index (χ4n) is 2.59. The number of rotatable bonds is 9. The van der Waals surface area contributed by atoms with Crippen LogP contribution >= 0.6 is 0 Å². The van der Waals surface area contributed by atoms with Crippen molar-refractivity contribution in [2.45, 2.75) is 26.3 Å². The summed E-state index contributed by atoms with van der Waals surface area (Å²) in [6.45, 7) is 12.0. The Bertz CT molecular complexity index is 211. The van der Waals surface area contributed by atoms with E-state index in [4.69, 9.17) is 4.74 Å². The Balaban J connectivity index is 2.28. The molecule has 2 unspecified atom stereocenters. The molecule has 108 valence electrons. The van der Waals surface area contributed by atoms with Crippen LogP contribution in [0.5, 0.6) is 0 Å². The first-order chi connectivity index (χ1) is 8.67. The van der Waals surface area contributed by atoms with Gasteiger partial charge in [0.2, 0.25) is 0 Å². The van der Waals surface area contributed by atoms with E-state index in [9.17, 15) is 0 Å². The predicted molar refractivity (Wildman–Crippen MR) is 77.1 cm³/mol. The molecule has 2 atom stereocenters. The van der Waals surface area contributed by atoms with Crippen molar-refractivity contribution in [1.82, 2.24) is 15.1 Å². The van der Waals surface area contributed by atoms with Gasteiger partial charge in [-0.15, -0.1) is 0 Å². The van der Waals surface area contributed by atoms with Crippen molar-refractivity contribution >= 4 is 0 Å². The Kier molecular flexibility index (Phi) is 7.82. The van der Waals surface area contributed by atoms with Gasteiger partial charge in [-0.1, -0.05) is 13.8 Å². The summed E-state index contributed by atoms with van der Waals surface area (Å²) < 4.78 is 5.61. The normalized spacial score (nSPS) is 24.3. The molecule has 1 heterocycles. The lowest BCUT2D eigenvalue weighted by molar-refractivity contribution is 0.167. The van der Waals surface area contributed by atoms with Crippen molar-refractivity contribution in [2.75, 3.05) is 60.0 Å². The Labute approximate surface area is 113 Å². The first-order valence-corrected chi connectivity index (χ1v) is 7.35. The zero-order chi connectivity index (χ0) is 13.4. The minimum absolute atomic E-state index is 0.554. The van der Waals surface area contributed by atoms with E-state index < -0.39 is 0 Å². The van der Waals surface area contributed by atoms with Crippen molar-refractivity contribution in [3.05, 3.63) is 0 Å². The summed E-state index contributed by atoms with van der Waals surface area (Å²) in [5.74, 6) is 0.657. The molecule has 1 saturated heterocycles. The van der Waals surface area contributed by atoms with Crippen LogP contribution in [0.3, 0.4) is 0 Å². The van der Waals surface area contributed by atoms with Gasteiger partial charge in [-0.25, -0.2) is 0 Å². The summed E-state index contributed by atoms with van der Waals surface area (Å²) in [6.07, 6.45) is 1.25. The molecule has 4 heteroatoms. The van der Waals surface area contributed by atoms with Crippen LogP contribution in [0.1, 0.15) is 20.3 Å². The fourth-order valence-corrected chi connectivity index (χ4v) is 2.59. The van der Waals surface area contributed by atoms with Gasteiger partial charge in [-0.3, -0.25) is 0 Å². The van der Waals surface area contributed by atoms with E-state index in [0.717, 1.165) is 26.3 Å². The Morgan fingerprint density at radius 3 is 2.56 bits per heavy atom. The van der Waals surface area contributed by atoms with Crippen LogP contribution in [0.2, 0.25) is 0 Å². The summed E-state index contributed by atoms with van der Waals surface area (Å²) in [5.41, 5.74) is 0. The summed E-state index contributed by atoms with van der Waals surface area (Å²) in [5, 5.41) is 3.54. The molecule has 1 fully saturated rings. The van der Waals surface area contributed by atoms with Crippen molar-refractivity contribution < 1.29 is 4.74 Å². The largest absolute Gasteiger partial charge is 0.379 e. The van der Waals surface area contributed by atoms with Crippen LogP contribution in [0.4, 0.5) is 0 Å². The van der Waals surface area contributed by atoms with E-state index in [0.29, 0.717) is 12.0 Å². The number of nitrogens with one attached hydrogen (secondary N) is 1. The van der Waals surface area contributed by atoms with Gasteiger partial charge in [0.25, 0.3) is 0 Å². The quantitative estimate of drug-likeness (QED) is 0.664. The second-order valence-corrected chi connectivity index (χ2v) is 5.51. The Morgan fingerprint density at radius 2 is 1.94 bits per heavy atom. The lowest BCUT2D eigenvalue weighted by atomic mass is 10.0. The van der Waals surface area contributed by atoms with E-state index >= 15 is 0 Å². The molecule has 1 aliphatic rings. The van der Waals surface area contributed by atoms with Gasteiger partial charge in [-0.2, -0.15) is 0 Å². The molecule has 0 aromatic heterocycles. The number of ether oxygens (including phenoxy) is 1. The second-order valence-electron chi connectivity index (χ2n) is 5.51. The highest BCUT2D eigenvalue weighted by Gasteiger charge is 2.28. The van der Waals surface area contributed by atoms with Crippen LogP contribution in [0, 0.1) is 5.92 Å². The van der Waals surface area contributed by atoms with Gasteiger partial charge < -0.3 is 19.9 Å². The number of hydrogen-bond acceptors (Lipinski definition) is 4. The fraction of sp³-hybridized carbons (Fsp3) is 1.00. The summed E-state index contributed by atoms with van der Waals surface area (Å²) in [6, 6.07) is 0.554. The molecule has 0 aliphatic carbocycles. The molecule has 0 radical (unpaired) electrons.